The first kappa shape index (κ1) is 11.3. The van der Waals surface area contributed by atoms with E-state index in [1.54, 1.807) is 7.05 Å². The predicted molar refractivity (Wildman–Crippen MR) is 58.9 cm³/mol. The smallest absolute Gasteiger partial charge is 0.246 e. The van der Waals surface area contributed by atoms with Crippen LogP contribution in [0.3, 0.4) is 0 Å². The minimum atomic E-state index is 0.0948. The standard InChI is InChI=1S/C12H21NO/c1-12(2,3)10-7-5-9(6-8-10)11(14)13-4/h5,10H,6-8H2,1-4H3,(H,13,14). The highest BCUT2D eigenvalue weighted by Gasteiger charge is 2.27. The van der Waals surface area contributed by atoms with Crippen molar-refractivity contribution in [2.45, 2.75) is 40.0 Å². The summed E-state index contributed by atoms with van der Waals surface area (Å²) in [6, 6.07) is 0. The molecule has 80 valence electrons. The molecule has 0 radical (unpaired) electrons. The molecule has 2 heteroatoms. The molecule has 0 bridgehead atoms. The van der Waals surface area contributed by atoms with Crippen molar-refractivity contribution in [1.29, 1.82) is 0 Å². The Balaban J connectivity index is 2.60. The lowest BCUT2D eigenvalue weighted by atomic mass is 9.73. The van der Waals surface area contributed by atoms with E-state index in [1.165, 1.54) is 0 Å². The zero-order chi connectivity index (χ0) is 10.8. The molecule has 1 atom stereocenters. The first-order valence-corrected chi connectivity index (χ1v) is 5.36. The average Bonchev–Trinajstić information content (AvgIpc) is 2.15. The van der Waals surface area contributed by atoms with Crippen molar-refractivity contribution in [2.24, 2.45) is 11.3 Å². The summed E-state index contributed by atoms with van der Waals surface area (Å²) in [5.41, 5.74) is 1.33. The van der Waals surface area contributed by atoms with Crippen molar-refractivity contribution in [1.82, 2.24) is 5.32 Å². The van der Waals surface area contributed by atoms with Crippen molar-refractivity contribution in [3.63, 3.8) is 0 Å². The van der Waals surface area contributed by atoms with E-state index in [4.69, 9.17) is 0 Å². The van der Waals surface area contributed by atoms with E-state index in [2.05, 4.69) is 32.2 Å². The largest absolute Gasteiger partial charge is 0.355 e. The molecular weight excluding hydrogens is 174 g/mol. The second-order valence-corrected chi connectivity index (χ2v) is 5.15. The fourth-order valence-corrected chi connectivity index (χ4v) is 1.99. The molecular formula is C12H21NO. The minimum Gasteiger partial charge on any atom is -0.355 e. The van der Waals surface area contributed by atoms with Crippen LogP contribution < -0.4 is 5.32 Å². The third kappa shape index (κ3) is 2.60. The molecule has 0 saturated carbocycles. The Hall–Kier alpha value is -0.790. The molecule has 1 N–H and O–H groups in total. The van der Waals surface area contributed by atoms with Crippen LogP contribution in [0.25, 0.3) is 0 Å². The molecule has 0 aliphatic heterocycles. The highest BCUT2D eigenvalue weighted by Crippen LogP contribution is 2.36. The van der Waals surface area contributed by atoms with Gasteiger partial charge in [0.05, 0.1) is 0 Å². The number of hydrogen-bond acceptors (Lipinski definition) is 1. The second kappa shape index (κ2) is 4.16. The number of nitrogens with one attached hydrogen (secondary N) is 1. The summed E-state index contributed by atoms with van der Waals surface area (Å²) < 4.78 is 0. The molecule has 1 unspecified atom stereocenters. The third-order valence-electron chi connectivity index (χ3n) is 3.15. The zero-order valence-electron chi connectivity index (χ0n) is 9.68. The first-order valence-electron chi connectivity index (χ1n) is 5.36. The average molecular weight is 195 g/mol. The van der Waals surface area contributed by atoms with Gasteiger partial charge in [-0.05, 0) is 30.6 Å². The van der Waals surface area contributed by atoms with E-state index in [0.29, 0.717) is 5.41 Å². The monoisotopic (exact) mass is 195 g/mol. The normalized spacial score (nSPS) is 22.9. The van der Waals surface area contributed by atoms with Gasteiger partial charge < -0.3 is 5.32 Å². The molecule has 0 aromatic rings. The summed E-state index contributed by atoms with van der Waals surface area (Å²) in [5, 5.41) is 2.68. The molecule has 0 heterocycles. The van der Waals surface area contributed by atoms with E-state index in [-0.39, 0.29) is 5.91 Å². The van der Waals surface area contributed by atoms with Crippen LogP contribution in [0.1, 0.15) is 40.0 Å². The molecule has 0 fully saturated rings. The maximum absolute atomic E-state index is 11.3. The van der Waals surface area contributed by atoms with Crippen molar-refractivity contribution < 1.29 is 4.79 Å². The van der Waals surface area contributed by atoms with Crippen LogP contribution in [0.5, 0.6) is 0 Å². The number of rotatable bonds is 1. The molecule has 1 amide bonds. The van der Waals surface area contributed by atoms with Crippen molar-refractivity contribution in [3.8, 4) is 0 Å². The maximum Gasteiger partial charge on any atom is 0.246 e. The van der Waals surface area contributed by atoms with E-state index in [1.807, 2.05) is 0 Å². The Morgan fingerprint density at radius 3 is 2.50 bits per heavy atom. The fourth-order valence-electron chi connectivity index (χ4n) is 1.99. The summed E-state index contributed by atoms with van der Waals surface area (Å²) in [6.45, 7) is 6.82. The van der Waals surface area contributed by atoms with Crippen LogP contribution in [0.2, 0.25) is 0 Å². The van der Waals surface area contributed by atoms with Gasteiger partial charge in [-0.25, -0.2) is 0 Å². The van der Waals surface area contributed by atoms with Gasteiger partial charge in [-0.3, -0.25) is 4.79 Å². The van der Waals surface area contributed by atoms with E-state index >= 15 is 0 Å². The highest BCUT2D eigenvalue weighted by molar-refractivity contribution is 5.93. The van der Waals surface area contributed by atoms with Gasteiger partial charge >= 0.3 is 0 Å². The molecule has 0 spiro atoms. The van der Waals surface area contributed by atoms with Crippen LogP contribution in [0.15, 0.2) is 11.6 Å². The lowest BCUT2D eigenvalue weighted by Crippen LogP contribution is -2.26. The number of allylic oxidation sites excluding steroid dienone is 1. The summed E-state index contributed by atoms with van der Waals surface area (Å²) in [4.78, 5) is 11.3. The molecule has 1 rings (SSSR count). The quantitative estimate of drug-likeness (QED) is 0.684. The molecule has 1 aliphatic rings. The van der Waals surface area contributed by atoms with Gasteiger partial charge in [0.2, 0.25) is 5.91 Å². The van der Waals surface area contributed by atoms with E-state index < -0.39 is 0 Å². The summed E-state index contributed by atoms with van der Waals surface area (Å²) >= 11 is 0. The van der Waals surface area contributed by atoms with Gasteiger partial charge in [0.1, 0.15) is 0 Å². The molecule has 1 aliphatic carbocycles. The number of carbonyl (C=O) groups excluding carboxylic acids is 1. The van der Waals surface area contributed by atoms with Crippen molar-refractivity contribution in [3.05, 3.63) is 11.6 Å². The van der Waals surface area contributed by atoms with Crippen LogP contribution in [-0.2, 0) is 4.79 Å². The SMILES string of the molecule is CNC(=O)C1=CCC(C(C)(C)C)CC1. The maximum atomic E-state index is 11.3. The lowest BCUT2D eigenvalue weighted by molar-refractivity contribution is -0.117. The molecule has 0 aromatic carbocycles. The molecule has 2 nitrogen and oxygen atoms in total. The summed E-state index contributed by atoms with van der Waals surface area (Å²) in [7, 11) is 1.69. The Morgan fingerprint density at radius 2 is 2.14 bits per heavy atom. The Bertz CT molecular complexity index is 248. The fraction of sp³-hybridized carbons (Fsp3) is 0.750. The van der Waals surface area contributed by atoms with Gasteiger partial charge in [-0.15, -0.1) is 0 Å². The summed E-state index contributed by atoms with van der Waals surface area (Å²) in [5.74, 6) is 0.813. The number of hydrogen-bond donors (Lipinski definition) is 1. The van der Waals surface area contributed by atoms with E-state index in [9.17, 15) is 4.79 Å². The van der Waals surface area contributed by atoms with Crippen molar-refractivity contribution in [2.75, 3.05) is 7.05 Å². The Labute approximate surface area is 86.8 Å². The number of carbonyl (C=O) groups is 1. The van der Waals surface area contributed by atoms with Crippen LogP contribution in [0.4, 0.5) is 0 Å². The lowest BCUT2D eigenvalue weighted by Gasteiger charge is -2.32. The number of amides is 1. The highest BCUT2D eigenvalue weighted by atomic mass is 16.1. The molecule has 14 heavy (non-hydrogen) atoms. The van der Waals surface area contributed by atoms with Gasteiger partial charge in [0.25, 0.3) is 0 Å². The van der Waals surface area contributed by atoms with Gasteiger partial charge in [-0.1, -0.05) is 26.8 Å². The number of likely N-dealkylation sites (N-methyl/N-ethyl adjacent to an activating group) is 1. The van der Waals surface area contributed by atoms with Crippen LogP contribution in [0, 0.1) is 11.3 Å². The predicted octanol–water partition coefficient (Wildman–Crippen LogP) is 2.51. The zero-order valence-corrected chi connectivity index (χ0v) is 9.68. The Kier molecular flexibility index (Phi) is 3.35. The van der Waals surface area contributed by atoms with Crippen molar-refractivity contribution >= 4 is 5.91 Å². The van der Waals surface area contributed by atoms with Gasteiger partial charge in [0, 0.05) is 12.6 Å². The van der Waals surface area contributed by atoms with E-state index in [0.717, 1.165) is 30.8 Å². The van der Waals surface area contributed by atoms with Crippen LogP contribution in [-0.4, -0.2) is 13.0 Å². The molecule has 0 aromatic heterocycles. The topological polar surface area (TPSA) is 29.1 Å². The minimum absolute atomic E-state index is 0.0948. The second-order valence-electron chi connectivity index (χ2n) is 5.15. The van der Waals surface area contributed by atoms with Gasteiger partial charge in [0.15, 0.2) is 0 Å². The third-order valence-corrected chi connectivity index (χ3v) is 3.15. The molecule has 0 saturated heterocycles. The summed E-state index contributed by atoms with van der Waals surface area (Å²) in [6.07, 6.45) is 5.23. The van der Waals surface area contributed by atoms with Crippen LogP contribution >= 0.6 is 0 Å². The first-order chi connectivity index (χ1) is 6.45. The Morgan fingerprint density at radius 1 is 1.50 bits per heavy atom. The van der Waals surface area contributed by atoms with Gasteiger partial charge in [-0.2, -0.15) is 0 Å².